The highest BCUT2D eigenvalue weighted by molar-refractivity contribution is 8.15. The van der Waals surface area contributed by atoms with E-state index in [9.17, 15) is 22.8 Å². The van der Waals surface area contributed by atoms with Gasteiger partial charge in [0.15, 0.2) is 11.0 Å². The number of aliphatic imine (C=N–C) groups is 1. The fourth-order valence-corrected chi connectivity index (χ4v) is 5.88. The molecule has 238 valence electrons. The molecule has 1 aliphatic heterocycles. The summed E-state index contributed by atoms with van der Waals surface area (Å²) in [6, 6.07) is 25.8. The Balaban J connectivity index is 1.17. The molecule has 0 bridgehead atoms. The Morgan fingerprint density at radius 1 is 1.00 bits per heavy atom. The van der Waals surface area contributed by atoms with Crippen molar-refractivity contribution in [3.8, 4) is 22.8 Å². The zero-order valence-corrected chi connectivity index (χ0v) is 26.0. The third-order valence-corrected chi connectivity index (χ3v) is 8.16. The van der Waals surface area contributed by atoms with Crippen molar-refractivity contribution in [2.24, 2.45) is 4.99 Å². The minimum atomic E-state index is -4.78. The number of anilines is 2. The van der Waals surface area contributed by atoms with Crippen LogP contribution >= 0.6 is 11.8 Å². The highest BCUT2D eigenvalue weighted by Crippen LogP contribution is 2.32. The highest BCUT2D eigenvalue weighted by atomic mass is 32.2. The van der Waals surface area contributed by atoms with Gasteiger partial charge in [-0.3, -0.25) is 9.69 Å². The van der Waals surface area contributed by atoms with Crippen molar-refractivity contribution in [2.75, 3.05) is 16.0 Å². The number of benzene rings is 4. The first-order valence-electron chi connectivity index (χ1n) is 14.4. The van der Waals surface area contributed by atoms with E-state index in [1.165, 1.54) is 51.9 Å². The first-order chi connectivity index (χ1) is 22.5. The number of carbonyl (C=O) groups excluding carboxylic acids is 2. The lowest BCUT2D eigenvalue weighted by Crippen LogP contribution is -2.31. The molecular weight excluding hydrogens is 629 g/mol. The van der Waals surface area contributed by atoms with Crippen molar-refractivity contribution in [1.82, 2.24) is 14.8 Å². The Morgan fingerprint density at radius 3 is 2.49 bits per heavy atom. The summed E-state index contributed by atoms with van der Waals surface area (Å²) in [6.07, 6.45) is -2.71. The summed E-state index contributed by atoms with van der Waals surface area (Å²) in [7, 11) is 0. The van der Waals surface area contributed by atoms with Crippen molar-refractivity contribution in [2.45, 2.75) is 26.6 Å². The predicted molar refractivity (Wildman–Crippen MR) is 175 cm³/mol. The van der Waals surface area contributed by atoms with E-state index in [0.717, 1.165) is 22.3 Å². The standard InChI is InChI=1S/C34H27F3N6O3S/c1-21-8-9-24(18-23-6-4-3-5-7-23)29(16-21)43-30(44)19-47-33(43)40-32(45)39-28-15-10-25(17-22(28)2)31-38-20-42(41-31)26-11-13-27(14-12-26)46-34(35,36)37/h3-17,20H,18-19H2,1-2H3,(H,39,45)/b40-33-. The molecular formula is C34H27F3N6O3S. The maximum absolute atomic E-state index is 13.1. The highest BCUT2D eigenvalue weighted by Gasteiger charge is 2.32. The smallest absolute Gasteiger partial charge is 0.406 e. The number of thioether (sulfide) groups is 1. The van der Waals surface area contributed by atoms with E-state index in [1.807, 2.05) is 62.4 Å². The summed E-state index contributed by atoms with van der Waals surface area (Å²) >= 11 is 1.21. The van der Waals surface area contributed by atoms with Gasteiger partial charge in [0.1, 0.15) is 12.1 Å². The number of carbonyl (C=O) groups is 2. The number of alkyl halides is 3. The molecule has 0 radical (unpaired) electrons. The predicted octanol–water partition coefficient (Wildman–Crippen LogP) is 7.71. The summed E-state index contributed by atoms with van der Waals surface area (Å²) < 4.78 is 42.7. The van der Waals surface area contributed by atoms with Crippen LogP contribution in [0.5, 0.6) is 5.75 Å². The van der Waals surface area contributed by atoms with Crippen LogP contribution in [0.2, 0.25) is 0 Å². The van der Waals surface area contributed by atoms with E-state index in [4.69, 9.17) is 0 Å². The van der Waals surface area contributed by atoms with E-state index in [0.29, 0.717) is 40.0 Å². The van der Waals surface area contributed by atoms with Crippen LogP contribution in [0.25, 0.3) is 17.1 Å². The number of urea groups is 1. The molecule has 9 nitrogen and oxygen atoms in total. The molecule has 2 heterocycles. The molecule has 0 atom stereocenters. The second-order valence-corrected chi connectivity index (χ2v) is 11.7. The van der Waals surface area contributed by atoms with Crippen LogP contribution in [0.15, 0.2) is 102 Å². The van der Waals surface area contributed by atoms with Gasteiger partial charge in [-0.05, 0) is 91.1 Å². The minimum Gasteiger partial charge on any atom is -0.406 e. The van der Waals surface area contributed by atoms with Crippen LogP contribution in [0.3, 0.4) is 0 Å². The number of amides is 3. The van der Waals surface area contributed by atoms with Gasteiger partial charge in [-0.25, -0.2) is 14.5 Å². The first kappa shape index (κ1) is 31.5. The Labute approximate surface area is 272 Å². The first-order valence-corrected chi connectivity index (χ1v) is 15.4. The third-order valence-electron chi connectivity index (χ3n) is 7.23. The molecule has 4 aromatic carbocycles. The average molecular weight is 657 g/mol. The Bertz CT molecular complexity index is 1980. The van der Waals surface area contributed by atoms with E-state index in [1.54, 1.807) is 18.2 Å². The fourth-order valence-electron chi connectivity index (χ4n) is 5.02. The normalized spacial score (nSPS) is 14.1. The summed E-state index contributed by atoms with van der Waals surface area (Å²) in [5, 5.41) is 7.54. The van der Waals surface area contributed by atoms with E-state index in [2.05, 4.69) is 25.1 Å². The molecule has 0 unspecified atom stereocenters. The third kappa shape index (κ3) is 7.52. The van der Waals surface area contributed by atoms with E-state index in [-0.39, 0.29) is 17.4 Å². The maximum Gasteiger partial charge on any atom is 0.573 e. The van der Waals surface area contributed by atoms with Crippen LogP contribution in [0.4, 0.5) is 29.3 Å². The molecule has 6 rings (SSSR count). The summed E-state index contributed by atoms with van der Waals surface area (Å²) in [4.78, 5) is 36.3. The van der Waals surface area contributed by atoms with Gasteiger partial charge in [-0.15, -0.1) is 18.3 Å². The molecule has 0 spiro atoms. The van der Waals surface area contributed by atoms with Crippen molar-refractivity contribution in [3.05, 3.63) is 120 Å². The van der Waals surface area contributed by atoms with Gasteiger partial charge in [-0.2, -0.15) is 4.99 Å². The van der Waals surface area contributed by atoms with Crippen LogP contribution in [0.1, 0.15) is 22.3 Å². The molecule has 5 aromatic rings. The lowest BCUT2D eigenvalue weighted by atomic mass is 10.0. The van der Waals surface area contributed by atoms with Gasteiger partial charge in [0.2, 0.25) is 5.91 Å². The number of nitrogens with one attached hydrogen (secondary N) is 1. The van der Waals surface area contributed by atoms with Crippen LogP contribution in [-0.4, -0.2) is 44.0 Å². The Hall–Kier alpha value is -5.43. The van der Waals surface area contributed by atoms with Crippen LogP contribution in [-0.2, 0) is 11.2 Å². The summed E-state index contributed by atoms with van der Waals surface area (Å²) in [6.45, 7) is 3.76. The van der Waals surface area contributed by atoms with Gasteiger partial charge >= 0.3 is 12.4 Å². The Morgan fingerprint density at radius 2 is 1.77 bits per heavy atom. The van der Waals surface area contributed by atoms with Crippen LogP contribution < -0.4 is 15.0 Å². The molecule has 0 saturated carbocycles. The molecule has 1 saturated heterocycles. The lowest BCUT2D eigenvalue weighted by Gasteiger charge is -2.21. The topological polar surface area (TPSA) is 102 Å². The molecule has 13 heteroatoms. The van der Waals surface area contributed by atoms with Gasteiger partial charge in [0.25, 0.3) is 0 Å². The number of hydrogen-bond donors (Lipinski definition) is 1. The maximum atomic E-state index is 13.1. The fraction of sp³-hybridized carbons (Fsp3) is 0.147. The molecule has 47 heavy (non-hydrogen) atoms. The molecule has 3 amide bonds. The second kappa shape index (κ2) is 13.1. The van der Waals surface area contributed by atoms with Gasteiger partial charge in [0, 0.05) is 11.3 Å². The van der Waals surface area contributed by atoms with E-state index >= 15 is 0 Å². The Kier molecular flexibility index (Phi) is 8.81. The number of nitrogens with zero attached hydrogens (tertiary/aromatic N) is 5. The van der Waals surface area contributed by atoms with Gasteiger partial charge in [0.05, 0.1) is 17.1 Å². The lowest BCUT2D eigenvalue weighted by molar-refractivity contribution is -0.274. The van der Waals surface area contributed by atoms with E-state index < -0.39 is 12.4 Å². The monoisotopic (exact) mass is 656 g/mol. The SMILES string of the molecule is Cc1ccc(Cc2ccccc2)c(N2C(=O)CS/C2=N\C(=O)Nc2ccc(-c3ncn(-c4ccc(OC(F)(F)F)cc4)n3)cc2C)c1. The zero-order valence-electron chi connectivity index (χ0n) is 25.2. The minimum absolute atomic E-state index is 0.153. The number of hydrogen-bond acceptors (Lipinski definition) is 6. The molecule has 0 aliphatic carbocycles. The summed E-state index contributed by atoms with van der Waals surface area (Å²) in [5.41, 5.74) is 6.12. The number of aromatic nitrogens is 3. The largest absolute Gasteiger partial charge is 0.573 e. The quantitative estimate of drug-likeness (QED) is 0.193. The molecule has 1 fully saturated rings. The molecule has 1 aliphatic rings. The van der Waals surface area contributed by atoms with Gasteiger partial charge in [-0.1, -0.05) is 54.2 Å². The van der Waals surface area contributed by atoms with Crippen molar-refractivity contribution in [3.63, 3.8) is 0 Å². The number of halogens is 3. The van der Waals surface area contributed by atoms with Crippen LogP contribution in [0, 0.1) is 13.8 Å². The second-order valence-electron chi connectivity index (χ2n) is 10.7. The number of aryl methyl sites for hydroxylation is 2. The molecule has 1 aromatic heterocycles. The molecule has 1 N–H and O–H groups in total. The number of ether oxygens (including phenoxy) is 1. The van der Waals surface area contributed by atoms with Crippen molar-refractivity contribution >= 4 is 40.2 Å². The number of rotatable bonds is 7. The average Bonchev–Trinajstić information content (AvgIpc) is 3.66. The van der Waals surface area contributed by atoms with Crippen molar-refractivity contribution < 1.29 is 27.5 Å². The van der Waals surface area contributed by atoms with Crippen molar-refractivity contribution in [1.29, 1.82) is 0 Å². The number of amidine groups is 1. The summed E-state index contributed by atoms with van der Waals surface area (Å²) in [5.74, 6) is 0.0556. The van der Waals surface area contributed by atoms with Gasteiger partial charge < -0.3 is 10.1 Å². The zero-order chi connectivity index (χ0) is 33.1.